The van der Waals surface area contributed by atoms with Crippen molar-refractivity contribution in [1.82, 2.24) is 14.7 Å². The van der Waals surface area contributed by atoms with Crippen molar-refractivity contribution in [2.45, 2.75) is 104 Å². The summed E-state index contributed by atoms with van der Waals surface area (Å²) in [4.78, 5) is 20.9. The van der Waals surface area contributed by atoms with Crippen LogP contribution in [-0.2, 0) is 16.2 Å². The van der Waals surface area contributed by atoms with Crippen molar-refractivity contribution >= 4 is 17.9 Å². The highest BCUT2D eigenvalue weighted by Crippen LogP contribution is 2.39. The van der Waals surface area contributed by atoms with Crippen molar-refractivity contribution in [2.24, 2.45) is 17.3 Å². The molecule has 2 aliphatic rings. The minimum Gasteiger partial charge on any atom is -0.396 e. The smallest absolute Gasteiger partial charge is 0.240 e. The van der Waals surface area contributed by atoms with Crippen LogP contribution in [0.15, 0.2) is 47.4 Å². The van der Waals surface area contributed by atoms with Crippen LogP contribution in [0.4, 0.5) is 0 Å². The van der Waals surface area contributed by atoms with Gasteiger partial charge in [0.25, 0.3) is 0 Å². The van der Waals surface area contributed by atoms with Gasteiger partial charge < -0.3 is 15.5 Å². The average Bonchev–Trinajstić information content (AvgIpc) is 3.35. The standard InChI is InChI=1S/C31H45N3O4S.2C2H6/c1-20-7-8-22(15-25(20)23-9-11-24(12-10-23)39-33(5)6)17-34-29(26(18-35)28(19-36)38-34)30(37)32-27-13-14-31(3,4)16-21(27)2;2*1-2/h7-12,15,21,26-29,35-36H,13-14,16-19H2,1-6H3,(H,32,37);2*1-2H3/t21?,26?,27-,28?,29?;;/m0../s1. The van der Waals surface area contributed by atoms with E-state index in [1.165, 1.54) is 10.5 Å². The van der Waals surface area contributed by atoms with Crippen LogP contribution in [0.2, 0.25) is 0 Å². The summed E-state index contributed by atoms with van der Waals surface area (Å²) in [7, 11) is 4.05. The molecule has 1 saturated heterocycles. The first-order valence-electron chi connectivity index (χ1n) is 16.0. The first-order valence-corrected chi connectivity index (χ1v) is 16.8. The number of carbonyl (C=O) groups excluding carboxylic acids is 1. The third-order valence-corrected chi connectivity index (χ3v) is 9.09. The summed E-state index contributed by atoms with van der Waals surface area (Å²) in [6.07, 6.45) is 2.44. The van der Waals surface area contributed by atoms with Crippen LogP contribution in [0.3, 0.4) is 0 Å². The van der Waals surface area contributed by atoms with Crippen molar-refractivity contribution in [2.75, 3.05) is 27.3 Å². The van der Waals surface area contributed by atoms with E-state index in [2.05, 4.69) is 79.8 Å². The summed E-state index contributed by atoms with van der Waals surface area (Å²) < 4.78 is 2.07. The number of nitrogens with zero attached hydrogens (tertiary/aromatic N) is 2. The van der Waals surface area contributed by atoms with E-state index in [-0.39, 0.29) is 30.6 Å². The van der Waals surface area contributed by atoms with Gasteiger partial charge in [0, 0.05) is 16.9 Å². The van der Waals surface area contributed by atoms with E-state index in [1.807, 2.05) is 41.8 Å². The number of carbonyl (C=O) groups is 1. The molecule has 0 aromatic heterocycles. The number of rotatable bonds is 9. The second-order valence-corrected chi connectivity index (χ2v) is 13.7. The second-order valence-electron chi connectivity index (χ2n) is 12.3. The van der Waals surface area contributed by atoms with Crippen molar-refractivity contribution in [3.63, 3.8) is 0 Å². The molecule has 0 spiro atoms. The van der Waals surface area contributed by atoms with E-state index < -0.39 is 18.1 Å². The van der Waals surface area contributed by atoms with E-state index >= 15 is 0 Å². The second kappa shape index (κ2) is 17.5. The molecule has 43 heavy (non-hydrogen) atoms. The monoisotopic (exact) mass is 615 g/mol. The van der Waals surface area contributed by atoms with Crippen LogP contribution in [0.25, 0.3) is 11.1 Å². The van der Waals surface area contributed by atoms with E-state index in [0.717, 1.165) is 36.0 Å². The molecule has 1 aliphatic carbocycles. The number of aryl methyl sites for hydroxylation is 1. The molecule has 1 heterocycles. The molecule has 1 amide bonds. The number of nitrogens with one attached hydrogen (secondary N) is 1. The maximum Gasteiger partial charge on any atom is 0.240 e. The van der Waals surface area contributed by atoms with Gasteiger partial charge in [0.15, 0.2) is 0 Å². The van der Waals surface area contributed by atoms with E-state index in [9.17, 15) is 15.0 Å². The van der Waals surface area contributed by atoms with Gasteiger partial charge in [0.05, 0.1) is 19.8 Å². The molecular formula is C35H57N3O4S. The summed E-state index contributed by atoms with van der Waals surface area (Å²) >= 11 is 1.68. The zero-order chi connectivity index (χ0) is 32.3. The number of aliphatic hydroxyl groups is 2. The molecule has 2 aromatic rings. The molecular weight excluding hydrogens is 558 g/mol. The number of amides is 1. The number of aliphatic hydroxyl groups excluding tert-OH is 2. The first-order chi connectivity index (χ1) is 20.5. The number of hydroxylamine groups is 2. The highest BCUT2D eigenvalue weighted by Gasteiger charge is 2.47. The minimum atomic E-state index is -0.679. The molecule has 0 bridgehead atoms. The summed E-state index contributed by atoms with van der Waals surface area (Å²) in [5, 5.41) is 25.1. The molecule has 242 valence electrons. The fraction of sp³-hybridized carbons (Fsp3) is 0.629. The Morgan fingerprint density at radius 1 is 1.07 bits per heavy atom. The van der Waals surface area contributed by atoms with Gasteiger partial charge in [0.2, 0.25) is 5.91 Å². The Morgan fingerprint density at radius 3 is 2.28 bits per heavy atom. The van der Waals surface area contributed by atoms with Crippen molar-refractivity contribution in [1.29, 1.82) is 0 Å². The van der Waals surface area contributed by atoms with Gasteiger partial charge in [-0.15, -0.1) is 0 Å². The predicted molar refractivity (Wildman–Crippen MR) is 179 cm³/mol. The predicted octanol–water partition coefficient (Wildman–Crippen LogP) is 6.70. The number of hydrogen-bond acceptors (Lipinski definition) is 7. The summed E-state index contributed by atoms with van der Waals surface area (Å²) in [6, 6.07) is 14.2. The Kier molecular flexibility index (Phi) is 15.2. The molecule has 3 N–H and O–H groups in total. The molecule has 5 atom stereocenters. The Bertz CT molecular complexity index is 1120. The molecule has 2 aromatic carbocycles. The Balaban J connectivity index is 0.00000155. The maximum atomic E-state index is 13.7. The number of hydrogen-bond donors (Lipinski definition) is 3. The average molecular weight is 616 g/mol. The molecule has 4 unspecified atom stereocenters. The molecule has 2 fully saturated rings. The van der Waals surface area contributed by atoms with Crippen molar-refractivity contribution < 1.29 is 19.8 Å². The third kappa shape index (κ3) is 10.0. The van der Waals surface area contributed by atoms with Gasteiger partial charge in [-0.2, -0.15) is 5.06 Å². The lowest BCUT2D eigenvalue weighted by atomic mass is 9.70. The van der Waals surface area contributed by atoms with Crippen molar-refractivity contribution in [3.05, 3.63) is 53.6 Å². The molecule has 7 nitrogen and oxygen atoms in total. The van der Waals surface area contributed by atoms with E-state index in [1.54, 1.807) is 17.0 Å². The van der Waals surface area contributed by atoms with Gasteiger partial charge in [0.1, 0.15) is 12.1 Å². The van der Waals surface area contributed by atoms with Gasteiger partial charge in [-0.3, -0.25) is 13.9 Å². The Hall–Kier alpha value is -1.94. The van der Waals surface area contributed by atoms with Gasteiger partial charge >= 0.3 is 0 Å². The Labute approximate surface area is 265 Å². The van der Waals surface area contributed by atoms with Crippen LogP contribution >= 0.6 is 11.9 Å². The minimum absolute atomic E-state index is 0.0968. The van der Waals surface area contributed by atoms with Crippen LogP contribution in [0.1, 0.15) is 78.9 Å². The number of benzene rings is 2. The summed E-state index contributed by atoms with van der Waals surface area (Å²) in [5.74, 6) is -0.267. The summed E-state index contributed by atoms with van der Waals surface area (Å²) in [5.41, 5.74) is 4.71. The quantitative estimate of drug-likeness (QED) is 0.271. The zero-order valence-corrected chi connectivity index (χ0v) is 29.0. The topological polar surface area (TPSA) is 85.3 Å². The fourth-order valence-corrected chi connectivity index (χ4v) is 6.85. The molecule has 0 radical (unpaired) electrons. The molecule has 8 heteroatoms. The van der Waals surface area contributed by atoms with Gasteiger partial charge in [-0.1, -0.05) is 72.7 Å². The van der Waals surface area contributed by atoms with E-state index in [4.69, 9.17) is 4.84 Å². The van der Waals surface area contributed by atoms with Gasteiger partial charge in [-0.05, 0) is 104 Å². The summed E-state index contributed by atoms with van der Waals surface area (Å²) in [6.45, 7) is 16.8. The SMILES string of the molecule is CC.CC.Cc1ccc(CN2OC(CO)C(CO)C2C(=O)N[C@H]2CCC(C)(C)CC2C)cc1-c1ccc(SN(C)C)cc1. The van der Waals surface area contributed by atoms with E-state index in [0.29, 0.717) is 12.5 Å². The molecule has 4 rings (SSSR count). The Morgan fingerprint density at radius 2 is 1.72 bits per heavy atom. The lowest BCUT2D eigenvalue weighted by molar-refractivity contribution is -0.182. The maximum absolute atomic E-state index is 13.7. The fourth-order valence-electron chi connectivity index (χ4n) is 6.18. The lowest BCUT2D eigenvalue weighted by Crippen LogP contribution is -2.53. The largest absolute Gasteiger partial charge is 0.396 e. The van der Waals surface area contributed by atoms with Crippen molar-refractivity contribution in [3.8, 4) is 11.1 Å². The highest BCUT2D eigenvalue weighted by atomic mass is 32.2. The molecule has 1 aliphatic heterocycles. The third-order valence-electron chi connectivity index (χ3n) is 8.24. The van der Waals surface area contributed by atoms with Gasteiger partial charge in [-0.25, -0.2) is 0 Å². The first kappa shape index (κ1) is 37.2. The lowest BCUT2D eigenvalue weighted by Gasteiger charge is -2.40. The van der Waals surface area contributed by atoms with Crippen LogP contribution < -0.4 is 5.32 Å². The normalized spacial score (nSPS) is 24.9. The highest BCUT2D eigenvalue weighted by molar-refractivity contribution is 7.97. The van der Waals surface area contributed by atoms with Crippen LogP contribution in [0, 0.1) is 24.2 Å². The van der Waals surface area contributed by atoms with Crippen LogP contribution in [0.5, 0.6) is 0 Å². The zero-order valence-electron chi connectivity index (χ0n) is 28.2. The molecule has 1 saturated carbocycles. The van der Waals surface area contributed by atoms with Crippen LogP contribution in [-0.4, -0.2) is 71.0 Å².